The Morgan fingerprint density at radius 2 is 1.86 bits per heavy atom. The monoisotopic (exact) mass is 509 g/mol. The molecule has 0 aliphatic carbocycles. The number of nitrogens with zero attached hydrogens (tertiary/aromatic N) is 7. The van der Waals surface area contributed by atoms with Crippen molar-refractivity contribution >= 4 is 18.1 Å². The molecule has 0 N–H and O–H groups in total. The Kier molecular flexibility index (Phi) is 7.04. The third kappa shape index (κ3) is 5.88. The van der Waals surface area contributed by atoms with Crippen molar-refractivity contribution in [2.75, 3.05) is 37.7 Å². The minimum atomic E-state index is -4.44. The highest BCUT2D eigenvalue weighted by Crippen LogP contribution is 2.32. The zero-order valence-corrected chi connectivity index (χ0v) is 20.1. The predicted molar refractivity (Wildman–Crippen MR) is 135 cm³/mol. The average molecular weight is 510 g/mol. The number of pyridine rings is 3. The van der Waals surface area contributed by atoms with Crippen molar-refractivity contribution < 1.29 is 17.9 Å². The topological polar surface area (TPSA) is 71.2 Å². The van der Waals surface area contributed by atoms with E-state index in [-0.39, 0.29) is 5.75 Å². The molecule has 0 aromatic carbocycles. The molecule has 4 aromatic rings. The van der Waals surface area contributed by atoms with Gasteiger partial charge in [0.1, 0.15) is 11.6 Å². The molecule has 192 valence electrons. The molecule has 4 aromatic heterocycles. The van der Waals surface area contributed by atoms with Crippen molar-refractivity contribution in [1.82, 2.24) is 24.5 Å². The van der Waals surface area contributed by atoms with Crippen molar-refractivity contribution in [2.24, 2.45) is 4.99 Å². The van der Waals surface area contributed by atoms with Gasteiger partial charge in [-0.1, -0.05) is 6.07 Å². The van der Waals surface area contributed by atoms with E-state index in [1.165, 1.54) is 10.7 Å². The maximum absolute atomic E-state index is 12.8. The number of halogens is 3. The van der Waals surface area contributed by atoms with Crippen LogP contribution in [0.1, 0.15) is 11.3 Å². The zero-order chi connectivity index (χ0) is 25.8. The van der Waals surface area contributed by atoms with Crippen LogP contribution in [0.25, 0.3) is 16.6 Å². The van der Waals surface area contributed by atoms with E-state index >= 15 is 0 Å². The van der Waals surface area contributed by atoms with Gasteiger partial charge in [-0.15, -0.1) is 0 Å². The highest BCUT2D eigenvalue weighted by atomic mass is 19.4. The quantitative estimate of drug-likeness (QED) is 0.331. The Hall–Kier alpha value is -3.99. The predicted octanol–water partition coefficient (Wildman–Crippen LogP) is 4.26. The molecule has 1 aliphatic heterocycles. The van der Waals surface area contributed by atoms with Crippen LogP contribution in [0.3, 0.4) is 0 Å². The lowest BCUT2D eigenvalue weighted by Gasteiger charge is -2.35. The van der Waals surface area contributed by atoms with E-state index < -0.39 is 12.8 Å². The van der Waals surface area contributed by atoms with Gasteiger partial charge in [0.2, 0.25) is 0 Å². The maximum atomic E-state index is 12.8. The van der Waals surface area contributed by atoms with Crippen LogP contribution >= 0.6 is 0 Å². The van der Waals surface area contributed by atoms with Gasteiger partial charge >= 0.3 is 6.18 Å². The molecule has 0 unspecified atom stereocenters. The molecule has 0 atom stereocenters. The first-order valence-electron chi connectivity index (χ1n) is 11.9. The van der Waals surface area contributed by atoms with Gasteiger partial charge in [0.25, 0.3) is 0 Å². The Morgan fingerprint density at radius 3 is 2.54 bits per heavy atom. The molecule has 1 aliphatic rings. The van der Waals surface area contributed by atoms with E-state index in [4.69, 9.17) is 4.74 Å². The van der Waals surface area contributed by atoms with E-state index in [2.05, 4.69) is 36.6 Å². The molecular weight excluding hydrogens is 483 g/mol. The number of piperazine rings is 1. The van der Waals surface area contributed by atoms with Crippen LogP contribution < -0.4 is 9.64 Å². The van der Waals surface area contributed by atoms with Gasteiger partial charge in [0.15, 0.2) is 6.61 Å². The van der Waals surface area contributed by atoms with Crippen molar-refractivity contribution in [3.63, 3.8) is 0 Å². The number of aliphatic imine (C=N–C) groups is 1. The largest absolute Gasteiger partial charge is 0.482 e. The summed E-state index contributed by atoms with van der Waals surface area (Å²) >= 11 is 0. The first-order chi connectivity index (χ1) is 17.9. The molecule has 5 rings (SSSR count). The van der Waals surface area contributed by atoms with Crippen LogP contribution in [0.5, 0.6) is 5.75 Å². The number of anilines is 1. The van der Waals surface area contributed by atoms with Gasteiger partial charge in [-0.25, -0.2) is 9.50 Å². The molecule has 1 saturated heterocycles. The molecule has 0 saturated carbocycles. The van der Waals surface area contributed by atoms with Gasteiger partial charge < -0.3 is 9.64 Å². The summed E-state index contributed by atoms with van der Waals surface area (Å²) in [5, 5.41) is 4.29. The summed E-state index contributed by atoms with van der Waals surface area (Å²) in [6.07, 6.45) is 2.17. The SMILES string of the molecule is C=NCc1cnn2cc(OCC(F)(F)F)cc(-c3ccc(N4CCN(Cc5ccccn5)CC4)nc3)c12. The zero-order valence-electron chi connectivity index (χ0n) is 20.1. The Labute approximate surface area is 212 Å². The van der Waals surface area contributed by atoms with Gasteiger partial charge in [-0.2, -0.15) is 18.3 Å². The number of fused-ring (bicyclic) bond motifs is 1. The van der Waals surface area contributed by atoms with Crippen molar-refractivity contribution in [2.45, 2.75) is 19.3 Å². The maximum Gasteiger partial charge on any atom is 0.422 e. The normalized spacial score (nSPS) is 14.7. The van der Waals surface area contributed by atoms with E-state index in [1.54, 1.807) is 18.5 Å². The minimum Gasteiger partial charge on any atom is -0.482 e. The van der Waals surface area contributed by atoms with Crippen LogP contribution in [0, 0.1) is 0 Å². The second kappa shape index (κ2) is 10.6. The Balaban J connectivity index is 1.35. The molecule has 0 bridgehead atoms. The van der Waals surface area contributed by atoms with Crippen LogP contribution in [0.2, 0.25) is 0 Å². The highest BCUT2D eigenvalue weighted by Gasteiger charge is 2.29. The van der Waals surface area contributed by atoms with E-state index in [1.807, 2.05) is 36.5 Å². The van der Waals surface area contributed by atoms with Crippen LogP contribution in [0.4, 0.5) is 19.0 Å². The highest BCUT2D eigenvalue weighted by molar-refractivity contribution is 5.83. The minimum absolute atomic E-state index is 0.0640. The first-order valence-corrected chi connectivity index (χ1v) is 11.9. The third-order valence-electron chi connectivity index (χ3n) is 6.21. The van der Waals surface area contributed by atoms with Gasteiger partial charge in [-0.05, 0) is 37.0 Å². The standard InChI is InChI=1S/C26H26F3N7O/c1-30-13-20-15-33-36-17-22(37-18-26(27,28)29)12-23(25(20)36)19-5-6-24(32-14-19)35-10-8-34(9-11-35)16-21-4-2-3-7-31-21/h2-7,12,14-15,17H,1,8-11,13,16,18H2. The molecular formula is C26H26F3N7O. The first kappa shape index (κ1) is 24.7. The van der Waals surface area contributed by atoms with Crippen molar-refractivity contribution in [1.29, 1.82) is 0 Å². The lowest BCUT2D eigenvalue weighted by Crippen LogP contribution is -2.46. The third-order valence-corrected chi connectivity index (χ3v) is 6.21. The summed E-state index contributed by atoms with van der Waals surface area (Å²) in [4.78, 5) is 17.6. The summed E-state index contributed by atoms with van der Waals surface area (Å²) in [7, 11) is 0. The number of alkyl halides is 3. The molecule has 0 spiro atoms. The fraction of sp³-hybridized carbons (Fsp3) is 0.308. The fourth-order valence-electron chi connectivity index (χ4n) is 4.45. The summed E-state index contributed by atoms with van der Waals surface area (Å²) < 4.78 is 44.8. The number of hydrogen-bond acceptors (Lipinski definition) is 7. The van der Waals surface area contributed by atoms with Crippen LogP contribution in [0.15, 0.2) is 66.2 Å². The lowest BCUT2D eigenvalue weighted by atomic mass is 10.0. The summed E-state index contributed by atoms with van der Waals surface area (Å²) in [5.74, 6) is 0.914. The number of aromatic nitrogens is 4. The summed E-state index contributed by atoms with van der Waals surface area (Å²) in [6, 6.07) is 11.4. The van der Waals surface area contributed by atoms with Gasteiger partial charge in [0, 0.05) is 61.8 Å². The lowest BCUT2D eigenvalue weighted by molar-refractivity contribution is -0.153. The van der Waals surface area contributed by atoms with Gasteiger partial charge in [0.05, 0.1) is 30.1 Å². The molecule has 0 radical (unpaired) electrons. The second-order valence-corrected chi connectivity index (χ2v) is 8.83. The van der Waals surface area contributed by atoms with Gasteiger partial charge in [-0.3, -0.25) is 14.9 Å². The number of rotatable bonds is 8. The Morgan fingerprint density at radius 1 is 1.03 bits per heavy atom. The second-order valence-electron chi connectivity index (χ2n) is 8.83. The molecule has 8 nitrogen and oxygen atoms in total. The molecule has 0 amide bonds. The summed E-state index contributed by atoms with van der Waals surface area (Å²) in [5.41, 5.74) is 3.99. The van der Waals surface area contributed by atoms with Crippen LogP contribution in [-0.4, -0.2) is 70.2 Å². The summed E-state index contributed by atoms with van der Waals surface area (Å²) in [6.45, 7) is 6.77. The van der Waals surface area contributed by atoms with E-state index in [9.17, 15) is 13.2 Å². The fourth-order valence-corrected chi connectivity index (χ4v) is 4.45. The molecule has 5 heterocycles. The molecule has 11 heteroatoms. The average Bonchev–Trinajstić information content (AvgIpc) is 3.31. The van der Waals surface area contributed by atoms with Crippen molar-refractivity contribution in [3.05, 3.63) is 72.4 Å². The van der Waals surface area contributed by atoms with Crippen LogP contribution in [-0.2, 0) is 13.1 Å². The van der Waals surface area contributed by atoms with Crippen molar-refractivity contribution in [3.8, 4) is 16.9 Å². The van der Waals surface area contributed by atoms with E-state index in [0.29, 0.717) is 12.1 Å². The van der Waals surface area contributed by atoms with E-state index in [0.717, 1.165) is 60.9 Å². The molecule has 37 heavy (non-hydrogen) atoms. The molecule has 1 fully saturated rings. The smallest absolute Gasteiger partial charge is 0.422 e. The number of ether oxygens (including phenoxy) is 1. The number of hydrogen-bond donors (Lipinski definition) is 0. The Bertz CT molecular complexity index is 1350.